The summed E-state index contributed by atoms with van der Waals surface area (Å²) in [4.78, 5) is 0. The minimum atomic E-state index is 0.309. The van der Waals surface area contributed by atoms with Crippen LogP contribution in [0.4, 0.5) is 0 Å². The first-order valence-corrected chi connectivity index (χ1v) is 4.32. The molecule has 0 aliphatic heterocycles. The lowest BCUT2D eigenvalue weighted by atomic mass is 10.2. The molecular weight excluding hydrogens is 164 g/mol. The molecule has 0 bridgehead atoms. The van der Waals surface area contributed by atoms with E-state index in [4.69, 9.17) is 9.84 Å². The first-order valence-electron chi connectivity index (χ1n) is 4.32. The summed E-state index contributed by atoms with van der Waals surface area (Å²) in [5.74, 6) is 1.17. The molecule has 0 heterocycles. The Morgan fingerprint density at radius 3 is 2.46 bits per heavy atom. The summed E-state index contributed by atoms with van der Waals surface area (Å²) in [5, 5.41) is 9.01. The molecule has 0 saturated carbocycles. The van der Waals surface area contributed by atoms with Crippen molar-refractivity contribution in [3.8, 4) is 5.75 Å². The van der Waals surface area contributed by atoms with E-state index in [1.165, 1.54) is 0 Å². The van der Waals surface area contributed by atoms with Gasteiger partial charge >= 0.3 is 0 Å². The first kappa shape index (κ1) is 9.65. The van der Waals surface area contributed by atoms with Crippen molar-refractivity contribution < 1.29 is 9.84 Å². The van der Waals surface area contributed by atoms with Crippen LogP contribution in [0.5, 0.6) is 5.75 Å². The van der Waals surface area contributed by atoms with Crippen LogP contribution in [-0.2, 0) is 0 Å². The predicted molar refractivity (Wildman–Crippen MR) is 53.9 cm³/mol. The molecule has 2 nitrogen and oxygen atoms in total. The highest BCUT2D eigenvalue weighted by Gasteiger charge is 1.92. The van der Waals surface area contributed by atoms with Crippen LogP contribution in [0.1, 0.15) is 19.4 Å². The van der Waals surface area contributed by atoms with Crippen molar-refractivity contribution >= 4 is 6.08 Å². The smallest absolute Gasteiger partial charge is 0.119 e. The molecule has 0 atom stereocenters. The van der Waals surface area contributed by atoms with Crippen LogP contribution < -0.4 is 4.74 Å². The Kier molecular flexibility index (Phi) is 3.38. The minimum absolute atomic E-state index is 0.309. The summed E-state index contributed by atoms with van der Waals surface area (Å²) < 4.78 is 5.28. The molecule has 0 aromatic heterocycles. The summed E-state index contributed by atoms with van der Waals surface area (Å²) >= 11 is 0. The fourth-order valence-corrected chi connectivity index (χ4v) is 1.07. The molecule has 2 heteroatoms. The first-order chi connectivity index (χ1) is 6.22. The third kappa shape index (κ3) is 3.20. The van der Waals surface area contributed by atoms with Crippen molar-refractivity contribution in [1.82, 2.24) is 0 Å². The van der Waals surface area contributed by atoms with Crippen LogP contribution in [0.3, 0.4) is 0 Å². The van der Waals surface area contributed by atoms with Crippen LogP contribution in [0, 0.1) is 0 Å². The van der Waals surface area contributed by atoms with E-state index in [-0.39, 0.29) is 0 Å². The molecule has 1 rings (SSSR count). The zero-order valence-electron chi connectivity index (χ0n) is 7.95. The molecule has 1 N–H and O–H groups in total. The van der Waals surface area contributed by atoms with E-state index in [0.29, 0.717) is 12.4 Å². The van der Waals surface area contributed by atoms with Gasteiger partial charge in [-0.1, -0.05) is 12.1 Å². The number of aliphatic hydroxyl groups is 1. The van der Waals surface area contributed by atoms with Crippen LogP contribution in [0.25, 0.3) is 6.08 Å². The molecular formula is C11H14O2. The normalized spacial score (nSPS) is 11.4. The van der Waals surface area contributed by atoms with E-state index < -0.39 is 0 Å². The van der Waals surface area contributed by atoms with Gasteiger partial charge in [0.05, 0.1) is 12.4 Å². The molecule has 0 fully saturated rings. The van der Waals surface area contributed by atoms with Crippen molar-refractivity contribution in [3.63, 3.8) is 0 Å². The Morgan fingerprint density at radius 1 is 1.38 bits per heavy atom. The van der Waals surface area contributed by atoms with Gasteiger partial charge in [0, 0.05) is 0 Å². The number of hydrogen-bond donors (Lipinski definition) is 1. The molecule has 1 aromatic carbocycles. The second kappa shape index (κ2) is 4.55. The average Bonchev–Trinajstić information content (AvgIpc) is 2.08. The number of allylic oxidation sites excluding steroid dienone is 1. The molecule has 0 aliphatic rings. The van der Waals surface area contributed by atoms with Crippen molar-refractivity contribution in [1.29, 1.82) is 0 Å². The highest BCUT2D eigenvalue weighted by molar-refractivity contribution is 5.51. The predicted octanol–water partition coefficient (Wildman–Crippen LogP) is 3.00. The Morgan fingerprint density at radius 2 is 2.00 bits per heavy atom. The molecule has 1 aromatic rings. The summed E-state index contributed by atoms with van der Waals surface area (Å²) in [7, 11) is 0. The van der Waals surface area contributed by atoms with Crippen molar-refractivity contribution in [2.24, 2.45) is 0 Å². The zero-order chi connectivity index (χ0) is 9.68. The van der Waals surface area contributed by atoms with Crippen LogP contribution >= 0.6 is 0 Å². The molecule has 13 heavy (non-hydrogen) atoms. The largest absolute Gasteiger partial charge is 0.513 e. The Labute approximate surface area is 78.5 Å². The summed E-state index contributed by atoms with van der Waals surface area (Å²) in [6, 6.07) is 7.59. The molecule has 70 valence electrons. The van der Waals surface area contributed by atoms with Gasteiger partial charge in [0.15, 0.2) is 0 Å². The molecule has 0 amide bonds. The topological polar surface area (TPSA) is 29.5 Å². The van der Waals surface area contributed by atoms with Gasteiger partial charge in [0.2, 0.25) is 0 Å². The highest BCUT2D eigenvalue weighted by atomic mass is 16.5. The number of hydrogen-bond acceptors (Lipinski definition) is 2. The maximum absolute atomic E-state index is 9.01. The minimum Gasteiger partial charge on any atom is -0.513 e. The van der Waals surface area contributed by atoms with Gasteiger partial charge in [-0.15, -0.1) is 0 Å². The number of rotatable bonds is 3. The maximum atomic E-state index is 9.01. The van der Waals surface area contributed by atoms with Gasteiger partial charge in [-0.2, -0.15) is 0 Å². The van der Waals surface area contributed by atoms with Gasteiger partial charge in [-0.05, 0) is 37.6 Å². The third-order valence-corrected chi connectivity index (χ3v) is 1.57. The Bertz CT molecular complexity index is 281. The fourth-order valence-electron chi connectivity index (χ4n) is 1.07. The summed E-state index contributed by atoms with van der Waals surface area (Å²) in [5.41, 5.74) is 0.975. The lowest BCUT2D eigenvalue weighted by Crippen LogP contribution is -1.90. The molecule has 0 unspecified atom stereocenters. The lowest BCUT2D eigenvalue weighted by molar-refractivity contribution is 0.340. The lowest BCUT2D eigenvalue weighted by Gasteiger charge is -2.02. The zero-order valence-corrected chi connectivity index (χ0v) is 7.95. The SMILES string of the molecule is CCOc1ccc(C=C(C)O)cc1. The van der Waals surface area contributed by atoms with Crippen molar-refractivity contribution in [3.05, 3.63) is 35.6 Å². The van der Waals surface area contributed by atoms with Crippen molar-refractivity contribution in [2.45, 2.75) is 13.8 Å². The molecule has 0 saturated heterocycles. The Hall–Kier alpha value is -1.44. The van der Waals surface area contributed by atoms with Gasteiger partial charge in [0.25, 0.3) is 0 Å². The van der Waals surface area contributed by atoms with Crippen LogP contribution in [0.15, 0.2) is 30.0 Å². The third-order valence-electron chi connectivity index (χ3n) is 1.57. The second-order valence-electron chi connectivity index (χ2n) is 2.79. The number of benzene rings is 1. The van der Waals surface area contributed by atoms with Gasteiger partial charge in [-0.3, -0.25) is 0 Å². The maximum Gasteiger partial charge on any atom is 0.119 e. The van der Waals surface area contributed by atoms with Crippen LogP contribution in [-0.4, -0.2) is 11.7 Å². The molecule has 0 aliphatic carbocycles. The van der Waals surface area contributed by atoms with E-state index in [0.717, 1.165) is 11.3 Å². The number of aliphatic hydroxyl groups excluding tert-OH is 1. The quantitative estimate of drug-likeness (QED) is 0.721. The highest BCUT2D eigenvalue weighted by Crippen LogP contribution is 2.13. The Balaban J connectivity index is 2.75. The monoisotopic (exact) mass is 178 g/mol. The molecule has 0 radical (unpaired) electrons. The standard InChI is InChI=1S/C11H14O2/c1-3-13-11-6-4-10(5-7-11)8-9(2)12/h4-8,12H,3H2,1-2H3. The average molecular weight is 178 g/mol. The van der Waals surface area contributed by atoms with E-state index in [1.54, 1.807) is 13.0 Å². The molecule has 0 spiro atoms. The van der Waals surface area contributed by atoms with Crippen molar-refractivity contribution in [2.75, 3.05) is 6.61 Å². The van der Waals surface area contributed by atoms with Crippen LogP contribution in [0.2, 0.25) is 0 Å². The second-order valence-corrected chi connectivity index (χ2v) is 2.79. The summed E-state index contributed by atoms with van der Waals surface area (Å²) in [6.45, 7) is 4.27. The summed E-state index contributed by atoms with van der Waals surface area (Å²) in [6.07, 6.45) is 1.70. The fraction of sp³-hybridized carbons (Fsp3) is 0.273. The number of ether oxygens (including phenoxy) is 1. The van der Waals surface area contributed by atoms with E-state index >= 15 is 0 Å². The van der Waals surface area contributed by atoms with Gasteiger partial charge in [0.1, 0.15) is 5.75 Å². The van der Waals surface area contributed by atoms with E-state index in [1.807, 2.05) is 31.2 Å². The van der Waals surface area contributed by atoms with E-state index in [2.05, 4.69) is 0 Å². The van der Waals surface area contributed by atoms with Gasteiger partial charge in [-0.25, -0.2) is 0 Å². The van der Waals surface area contributed by atoms with Gasteiger partial charge < -0.3 is 9.84 Å². The van der Waals surface area contributed by atoms with E-state index in [9.17, 15) is 0 Å².